The summed E-state index contributed by atoms with van der Waals surface area (Å²) < 4.78 is 5.58. The summed E-state index contributed by atoms with van der Waals surface area (Å²) in [6.07, 6.45) is 9.12. The van der Waals surface area contributed by atoms with Gasteiger partial charge in [0.1, 0.15) is 6.04 Å². The number of benzene rings is 1. The molecule has 1 aliphatic heterocycles. The molecule has 1 fully saturated rings. The number of carbonyl (C=O) groups is 2. The second-order valence-corrected chi connectivity index (χ2v) is 10.9. The summed E-state index contributed by atoms with van der Waals surface area (Å²) in [6, 6.07) is 9.58. The van der Waals surface area contributed by atoms with Crippen LogP contribution in [0.4, 0.5) is 10.8 Å². The molecule has 1 aliphatic rings. The second kappa shape index (κ2) is 12.4. The van der Waals surface area contributed by atoms with Gasteiger partial charge in [-0.25, -0.2) is 4.98 Å². The maximum atomic E-state index is 13.1. The Morgan fingerprint density at radius 2 is 2.02 bits per heavy atom. The molecule has 2 N–H and O–H groups in total. The molecule has 1 aromatic carbocycles. The van der Waals surface area contributed by atoms with Crippen LogP contribution in [0.3, 0.4) is 0 Å². The van der Waals surface area contributed by atoms with Gasteiger partial charge in [-0.1, -0.05) is 24.8 Å². The van der Waals surface area contributed by atoms with Crippen molar-refractivity contribution in [2.75, 3.05) is 31.6 Å². The number of fused-ring (bicyclic) bond motifs is 1. The van der Waals surface area contributed by atoms with E-state index in [1.165, 1.54) is 6.08 Å². The minimum Gasteiger partial charge on any atom is -0.379 e. The smallest absolute Gasteiger partial charge is 0.246 e. The molecule has 10 heteroatoms. The fraction of sp³-hybridized carbons (Fsp3) is 0.300. The lowest BCUT2D eigenvalue weighted by atomic mass is 10.00. The number of amides is 2. The number of carbonyl (C=O) groups excluding carboxylic acids is 2. The van der Waals surface area contributed by atoms with Crippen LogP contribution >= 0.6 is 11.3 Å². The number of aromatic nitrogens is 3. The molecule has 0 spiro atoms. The van der Waals surface area contributed by atoms with Crippen LogP contribution in [0, 0.1) is 12.8 Å². The highest BCUT2D eigenvalue weighted by Crippen LogP contribution is 2.32. The van der Waals surface area contributed by atoms with E-state index in [0.717, 1.165) is 43.3 Å². The molecule has 1 saturated heterocycles. The van der Waals surface area contributed by atoms with Crippen molar-refractivity contribution in [3.05, 3.63) is 78.9 Å². The standard InChI is InChI=1S/C30H32N6O3S/c1-4-27(37)36-11-12-39-18-20(3)28(36)29(38)32-10-5-21-14-23-15-24(19(2)13-25(23)33-16-21)35-30-34-17-26(40-30)22-6-8-31-9-7-22/h4,6-9,13-17,20,28H,1,5,10-12,18H2,2-3H3,(H,32,38)(H,34,35)/t20-,28-/m0/s1. The summed E-state index contributed by atoms with van der Waals surface area (Å²) in [5, 5.41) is 8.27. The van der Waals surface area contributed by atoms with Gasteiger partial charge in [-0.2, -0.15) is 0 Å². The first-order valence-electron chi connectivity index (χ1n) is 13.2. The van der Waals surface area contributed by atoms with Gasteiger partial charge >= 0.3 is 0 Å². The highest BCUT2D eigenvalue weighted by Gasteiger charge is 2.35. The molecule has 0 radical (unpaired) electrons. The van der Waals surface area contributed by atoms with Crippen LogP contribution in [0.25, 0.3) is 21.3 Å². The molecule has 0 saturated carbocycles. The van der Waals surface area contributed by atoms with E-state index in [2.05, 4.69) is 50.4 Å². The number of hydrogen-bond donors (Lipinski definition) is 2. The number of aryl methyl sites for hydroxylation is 1. The Labute approximate surface area is 237 Å². The third-order valence-corrected chi connectivity index (χ3v) is 7.93. The average Bonchev–Trinajstić information content (AvgIpc) is 3.34. The first-order valence-corrected chi connectivity index (χ1v) is 14.1. The zero-order valence-corrected chi connectivity index (χ0v) is 23.4. The van der Waals surface area contributed by atoms with Gasteiger partial charge in [0, 0.05) is 54.9 Å². The maximum absolute atomic E-state index is 13.1. The van der Waals surface area contributed by atoms with Crippen molar-refractivity contribution in [1.82, 2.24) is 25.2 Å². The second-order valence-electron chi connectivity index (χ2n) is 9.87. The monoisotopic (exact) mass is 556 g/mol. The molecule has 40 heavy (non-hydrogen) atoms. The highest BCUT2D eigenvalue weighted by atomic mass is 32.1. The van der Waals surface area contributed by atoms with Gasteiger partial charge in [0.05, 0.1) is 23.6 Å². The maximum Gasteiger partial charge on any atom is 0.246 e. The van der Waals surface area contributed by atoms with Crippen molar-refractivity contribution < 1.29 is 14.3 Å². The lowest BCUT2D eigenvalue weighted by Crippen LogP contribution is -2.52. The summed E-state index contributed by atoms with van der Waals surface area (Å²) in [5.41, 5.74) is 5.03. The molecule has 2 atom stereocenters. The number of pyridine rings is 2. The molecule has 0 aliphatic carbocycles. The minimum absolute atomic E-state index is 0.124. The van der Waals surface area contributed by atoms with E-state index in [9.17, 15) is 9.59 Å². The summed E-state index contributed by atoms with van der Waals surface area (Å²) in [6.45, 7) is 9.17. The molecule has 4 aromatic rings. The van der Waals surface area contributed by atoms with E-state index < -0.39 is 6.04 Å². The van der Waals surface area contributed by atoms with Crippen LogP contribution in [0.5, 0.6) is 0 Å². The van der Waals surface area contributed by atoms with Gasteiger partial charge in [-0.3, -0.25) is 19.6 Å². The predicted molar refractivity (Wildman–Crippen MR) is 158 cm³/mol. The molecular formula is C30H32N6O3S. The Morgan fingerprint density at radius 3 is 2.83 bits per heavy atom. The number of nitrogens with one attached hydrogen (secondary N) is 2. The van der Waals surface area contributed by atoms with Crippen molar-refractivity contribution in [2.45, 2.75) is 26.3 Å². The lowest BCUT2D eigenvalue weighted by Gasteiger charge is -2.31. The quantitative estimate of drug-likeness (QED) is 0.307. The lowest BCUT2D eigenvalue weighted by molar-refractivity contribution is -0.138. The van der Waals surface area contributed by atoms with E-state index in [-0.39, 0.29) is 17.7 Å². The van der Waals surface area contributed by atoms with Crippen LogP contribution in [-0.4, -0.2) is 64.0 Å². The van der Waals surface area contributed by atoms with Crippen LogP contribution in [0.2, 0.25) is 0 Å². The molecule has 4 heterocycles. The van der Waals surface area contributed by atoms with Crippen LogP contribution in [0.15, 0.2) is 67.8 Å². The number of nitrogens with zero attached hydrogens (tertiary/aromatic N) is 4. The van der Waals surface area contributed by atoms with Crippen LogP contribution in [-0.2, 0) is 20.7 Å². The molecular weight excluding hydrogens is 524 g/mol. The summed E-state index contributed by atoms with van der Waals surface area (Å²) in [7, 11) is 0. The first-order chi connectivity index (χ1) is 19.4. The van der Waals surface area contributed by atoms with Crippen LogP contribution in [0.1, 0.15) is 18.1 Å². The number of anilines is 2. The van der Waals surface area contributed by atoms with E-state index in [1.54, 1.807) is 28.6 Å². The summed E-state index contributed by atoms with van der Waals surface area (Å²) >= 11 is 1.58. The topological polar surface area (TPSA) is 109 Å². The van der Waals surface area contributed by atoms with E-state index in [1.807, 2.05) is 38.4 Å². The van der Waals surface area contributed by atoms with Gasteiger partial charge in [-0.05, 0) is 66.4 Å². The summed E-state index contributed by atoms with van der Waals surface area (Å²) in [5.74, 6) is -0.567. The minimum atomic E-state index is -0.593. The molecule has 3 aromatic heterocycles. The van der Waals surface area contributed by atoms with Crippen molar-refractivity contribution in [1.29, 1.82) is 0 Å². The zero-order valence-electron chi connectivity index (χ0n) is 22.6. The Kier molecular flexibility index (Phi) is 8.47. The molecule has 0 bridgehead atoms. The van der Waals surface area contributed by atoms with Crippen molar-refractivity contribution >= 4 is 44.9 Å². The fourth-order valence-corrected chi connectivity index (χ4v) is 5.70. The van der Waals surface area contributed by atoms with E-state index in [4.69, 9.17) is 4.74 Å². The number of hydrogen-bond acceptors (Lipinski definition) is 8. The van der Waals surface area contributed by atoms with Gasteiger partial charge in [0.15, 0.2) is 5.13 Å². The average molecular weight is 557 g/mol. The van der Waals surface area contributed by atoms with Crippen molar-refractivity contribution in [2.24, 2.45) is 5.92 Å². The Hall–Kier alpha value is -4.15. The largest absolute Gasteiger partial charge is 0.379 e. The van der Waals surface area contributed by atoms with Gasteiger partial charge in [0.2, 0.25) is 11.8 Å². The Morgan fingerprint density at radius 1 is 1.20 bits per heavy atom. The normalized spacial score (nSPS) is 17.3. The molecule has 9 nitrogen and oxygen atoms in total. The Bertz CT molecular complexity index is 1520. The zero-order chi connectivity index (χ0) is 28.1. The van der Waals surface area contributed by atoms with Crippen molar-refractivity contribution in [3.8, 4) is 10.4 Å². The SMILES string of the molecule is C=CC(=O)N1CCOC[C@H](C)[C@H]1C(=O)NCCc1cnc2cc(C)c(Nc3ncc(-c4ccncc4)s3)cc2c1. The third-order valence-electron chi connectivity index (χ3n) is 6.97. The summed E-state index contributed by atoms with van der Waals surface area (Å²) in [4.78, 5) is 41.4. The van der Waals surface area contributed by atoms with Crippen molar-refractivity contribution in [3.63, 3.8) is 0 Å². The number of rotatable bonds is 8. The van der Waals surface area contributed by atoms with E-state index in [0.29, 0.717) is 32.7 Å². The molecule has 2 amide bonds. The number of ether oxygens (including phenoxy) is 1. The number of thiazole rings is 1. The molecule has 206 valence electrons. The fourth-order valence-electron chi connectivity index (χ4n) is 4.86. The first kappa shape index (κ1) is 27.4. The van der Waals surface area contributed by atoms with Gasteiger partial charge in [0.25, 0.3) is 0 Å². The van der Waals surface area contributed by atoms with Gasteiger partial charge in [-0.15, -0.1) is 0 Å². The van der Waals surface area contributed by atoms with E-state index >= 15 is 0 Å². The molecule has 0 unspecified atom stereocenters. The van der Waals surface area contributed by atoms with Gasteiger partial charge < -0.3 is 20.3 Å². The molecule has 5 rings (SSSR count). The third kappa shape index (κ3) is 6.19. The Balaban J connectivity index is 1.26. The predicted octanol–water partition coefficient (Wildman–Crippen LogP) is 4.51. The van der Waals surface area contributed by atoms with Crippen LogP contribution < -0.4 is 10.6 Å². The highest BCUT2D eigenvalue weighted by molar-refractivity contribution is 7.18.